The number of rotatable bonds is 7. The highest BCUT2D eigenvalue weighted by Gasteiger charge is 2.35. The third-order valence-corrected chi connectivity index (χ3v) is 6.29. The molecule has 5 nitrogen and oxygen atoms in total. The van der Waals surface area contributed by atoms with Crippen LogP contribution < -0.4 is 5.73 Å². The minimum atomic E-state index is -3.07. The van der Waals surface area contributed by atoms with Gasteiger partial charge in [-0.2, -0.15) is 0 Å². The van der Waals surface area contributed by atoms with E-state index in [2.05, 4.69) is 32.6 Å². The molecule has 1 aliphatic heterocycles. The standard InChI is InChI=1S/C15H33N3O2S/c1-6-17(7-2)15(3,4)14(16)11-13-9-8-10-18(12-13)21(5,19)20/h13-14H,6-12,16H2,1-5H3. The topological polar surface area (TPSA) is 66.6 Å². The summed E-state index contributed by atoms with van der Waals surface area (Å²) < 4.78 is 25.0. The van der Waals surface area contributed by atoms with Gasteiger partial charge in [0.15, 0.2) is 0 Å². The summed E-state index contributed by atoms with van der Waals surface area (Å²) in [6.45, 7) is 12.0. The molecule has 126 valence electrons. The van der Waals surface area contributed by atoms with Gasteiger partial charge >= 0.3 is 0 Å². The number of likely N-dealkylation sites (N-methyl/N-ethyl adjacent to an activating group) is 1. The van der Waals surface area contributed by atoms with Gasteiger partial charge in [0.2, 0.25) is 10.0 Å². The van der Waals surface area contributed by atoms with Crippen LogP contribution in [-0.4, -0.2) is 61.6 Å². The van der Waals surface area contributed by atoms with Crippen LogP contribution in [0.2, 0.25) is 0 Å². The second-order valence-corrected chi connectivity index (χ2v) is 8.78. The van der Waals surface area contributed by atoms with Crippen molar-refractivity contribution in [1.29, 1.82) is 0 Å². The molecule has 0 amide bonds. The predicted molar refractivity (Wildman–Crippen MR) is 88.7 cm³/mol. The number of sulfonamides is 1. The van der Waals surface area contributed by atoms with Gasteiger partial charge in [-0.15, -0.1) is 0 Å². The maximum atomic E-state index is 11.7. The van der Waals surface area contributed by atoms with Crippen LogP contribution in [-0.2, 0) is 10.0 Å². The first-order valence-corrected chi connectivity index (χ1v) is 9.93. The highest BCUT2D eigenvalue weighted by molar-refractivity contribution is 7.88. The van der Waals surface area contributed by atoms with Gasteiger partial charge in [-0.1, -0.05) is 13.8 Å². The van der Waals surface area contributed by atoms with Crippen molar-refractivity contribution in [2.75, 3.05) is 32.4 Å². The Balaban J connectivity index is 2.67. The van der Waals surface area contributed by atoms with E-state index in [1.54, 1.807) is 4.31 Å². The van der Waals surface area contributed by atoms with Gasteiger partial charge in [-0.25, -0.2) is 12.7 Å². The SMILES string of the molecule is CCN(CC)C(C)(C)C(N)CC1CCCN(S(C)(=O)=O)C1. The molecule has 21 heavy (non-hydrogen) atoms. The highest BCUT2D eigenvalue weighted by Crippen LogP contribution is 2.27. The van der Waals surface area contributed by atoms with E-state index in [1.807, 2.05) is 0 Å². The summed E-state index contributed by atoms with van der Waals surface area (Å²) in [5, 5.41) is 0. The van der Waals surface area contributed by atoms with Crippen LogP contribution in [0.4, 0.5) is 0 Å². The number of nitrogens with two attached hydrogens (primary N) is 1. The summed E-state index contributed by atoms with van der Waals surface area (Å²) in [6.07, 6.45) is 4.20. The average molecular weight is 320 g/mol. The Morgan fingerprint density at radius 2 is 1.90 bits per heavy atom. The number of nitrogens with zero attached hydrogens (tertiary/aromatic N) is 2. The molecule has 2 N–H and O–H groups in total. The van der Waals surface area contributed by atoms with Crippen molar-refractivity contribution in [3.05, 3.63) is 0 Å². The first-order chi connectivity index (χ1) is 9.62. The highest BCUT2D eigenvalue weighted by atomic mass is 32.2. The third-order valence-electron chi connectivity index (χ3n) is 5.02. The van der Waals surface area contributed by atoms with Crippen LogP contribution in [0.3, 0.4) is 0 Å². The lowest BCUT2D eigenvalue weighted by Crippen LogP contribution is -2.57. The summed E-state index contributed by atoms with van der Waals surface area (Å²) in [5.74, 6) is 0.373. The van der Waals surface area contributed by atoms with Crippen molar-refractivity contribution in [3.63, 3.8) is 0 Å². The largest absolute Gasteiger partial charge is 0.326 e. The maximum absolute atomic E-state index is 11.7. The molecule has 0 aromatic carbocycles. The normalized spacial score (nSPS) is 23.5. The van der Waals surface area contributed by atoms with E-state index >= 15 is 0 Å². The van der Waals surface area contributed by atoms with E-state index in [1.165, 1.54) is 6.26 Å². The van der Waals surface area contributed by atoms with Crippen molar-refractivity contribution in [3.8, 4) is 0 Å². The van der Waals surface area contributed by atoms with Crippen LogP contribution in [0, 0.1) is 5.92 Å². The molecule has 0 aromatic rings. The van der Waals surface area contributed by atoms with Crippen LogP contribution in [0.25, 0.3) is 0 Å². The molecule has 1 saturated heterocycles. The number of hydrogen-bond donors (Lipinski definition) is 1. The summed E-state index contributed by atoms with van der Waals surface area (Å²) in [6, 6.07) is 0.0573. The molecule has 0 radical (unpaired) electrons. The molecule has 1 heterocycles. The predicted octanol–water partition coefficient (Wildman–Crippen LogP) is 1.50. The molecule has 0 bridgehead atoms. The van der Waals surface area contributed by atoms with E-state index in [0.29, 0.717) is 19.0 Å². The summed E-state index contributed by atoms with van der Waals surface area (Å²) in [7, 11) is -3.07. The van der Waals surface area contributed by atoms with Crippen LogP contribution in [0.1, 0.15) is 47.0 Å². The molecule has 1 fully saturated rings. The third kappa shape index (κ3) is 4.91. The average Bonchev–Trinajstić information content (AvgIpc) is 2.39. The van der Waals surface area contributed by atoms with E-state index < -0.39 is 10.0 Å². The number of hydrogen-bond acceptors (Lipinski definition) is 4. The molecule has 6 heteroatoms. The fourth-order valence-electron chi connectivity index (χ4n) is 3.44. The fourth-order valence-corrected chi connectivity index (χ4v) is 4.38. The maximum Gasteiger partial charge on any atom is 0.211 e. The van der Waals surface area contributed by atoms with Gasteiger partial charge in [0.05, 0.1) is 6.26 Å². The Morgan fingerprint density at radius 1 is 1.33 bits per heavy atom. The van der Waals surface area contributed by atoms with Crippen molar-refractivity contribution in [2.24, 2.45) is 11.7 Å². The molecule has 0 saturated carbocycles. The second kappa shape index (κ2) is 7.40. The van der Waals surface area contributed by atoms with Crippen LogP contribution >= 0.6 is 0 Å². The van der Waals surface area contributed by atoms with Gasteiger partial charge in [-0.05, 0) is 52.1 Å². The van der Waals surface area contributed by atoms with Gasteiger partial charge in [0, 0.05) is 24.7 Å². The minimum absolute atomic E-state index is 0.0573. The van der Waals surface area contributed by atoms with Crippen molar-refractivity contribution < 1.29 is 8.42 Å². The first-order valence-electron chi connectivity index (χ1n) is 8.08. The van der Waals surface area contributed by atoms with Crippen molar-refractivity contribution in [2.45, 2.75) is 58.5 Å². The van der Waals surface area contributed by atoms with E-state index in [-0.39, 0.29) is 11.6 Å². The quantitative estimate of drug-likeness (QED) is 0.772. The van der Waals surface area contributed by atoms with E-state index in [9.17, 15) is 8.42 Å². The Kier molecular flexibility index (Phi) is 6.65. The van der Waals surface area contributed by atoms with Crippen LogP contribution in [0.15, 0.2) is 0 Å². The lowest BCUT2D eigenvalue weighted by molar-refractivity contribution is 0.0903. The molecule has 0 spiro atoms. The zero-order valence-corrected chi connectivity index (χ0v) is 15.1. The minimum Gasteiger partial charge on any atom is -0.326 e. The van der Waals surface area contributed by atoms with Gasteiger partial charge in [0.25, 0.3) is 0 Å². The van der Waals surface area contributed by atoms with E-state index in [4.69, 9.17) is 5.73 Å². The Hall–Kier alpha value is -0.170. The summed E-state index contributed by atoms with van der Waals surface area (Å²) >= 11 is 0. The molecular weight excluding hydrogens is 286 g/mol. The van der Waals surface area contributed by atoms with Crippen molar-refractivity contribution in [1.82, 2.24) is 9.21 Å². The Labute approximate surface area is 130 Å². The summed E-state index contributed by atoms with van der Waals surface area (Å²) in [5.41, 5.74) is 6.42. The molecule has 2 unspecified atom stereocenters. The van der Waals surface area contributed by atoms with E-state index in [0.717, 1.165) is 32.4 Å². The molecule has 1 rings (SSSR count). The Morgan fingerprint density at radius 3 is 2.38 bits per heavy atom. The van der Waals surface area contributed by atoms with Gasteiger partial charge in [-0.3, -0.25) is 4.90 Å². The summed E-state index contributed by atoms with van der Waals surface area (Å²) in [4.78, 5) is 2.38. The molecule has 1 aliphatic rings. The van der Waals surface area contributed by atoms with Crippen LogP contribution in [0.5, 0.6) is 0 Å². The van der Waals surface area contributed by atoms with Crippen molar-refractivity contribution >= 4 is 10.0 Å². The zero-order chi connectivity index (χ0) is 16.3. The van der Waals surface area contributed by atoms with Gasteiger partial charge in [0.1, 0.15) is 0 Å². The Bertz CT molecular complexity index is 419. The molecule has 2 atom stereocenters. The lowest BCUT2D eigenvalue weighted by Gasteiger charge is -2.43. The smallest absolute Gasteiger partial charge is 0.211 e. The zero-order valence-electron chi connectivity index (χ0n) is 14.3. The van der Waals surface area contributed by atoms with Gasteiger partial charge < -0.3 is 5.73 Å². The number of piperidine rings is 1. The lowest BCUT2D eigenvalue weighted by atomic mass is 9.83. The second-order valence-electron chi connectivity index (χ2n) is 6.80. The monoisotopic (exact) mass is 319 g/mol. The molecule has 0 aromatic heterocycles. The molecular formula is C15H33N3O2S. The fraction of sp³-hybridized carbons (Fsp3) is 1.00. The molecule has 0 aliphatic carbocycles. The first kappa shape index (κ1) is 18.9.